The van der Waals surface area contributed by atoms with Crippen molar-refractivity contribution in [3.63, 3.8) is 0 Å². The Kier molecular flexibility index (Phi) is 6.24. The lowest BCUT2D eigenvalue weighted by Gasteiger charge is -2.19. The van der Waals surface area contributed by atoms with E-state index in [2.05, 4.69) is 0 Å². The number of ether oxygens (including phenoxy) is 3. The number of likely N-dealkylation sites (tertiary alicyclic amines) is 1. The van der Waals surface area contributed by atoms with Crippen molar-refractivity contribution in [1.29, 1.82) is 0 Å². The van der Waals surface area contributed by atoms with E-state index in [4.69, 9.17) is 25.8 Å². The van der Waals surface area contributed by atoms with Gasteiger partial charge in [0.15, 0.2) is 21.3 Å². The highest BCUT2D eigenvalue weighted by atomic mass is 35.5. The fraction of sp³-hybridized carbons (Fsp3) is 0.350. The van der Waals surface area contributed by atoms with Crippen LogP contribution in [0.2, 0.25) is 5.02 Å². The number of hydrogen-bond acceptors (Lipinski definition) is 6. The van der Waals surface area contributed by atoms with Crippen molar-refractivity contribution in [2.24, 2.45) is 0 Å². The van der Waals surface area contributed by atoms with Crippen molar-refractivity contribution in [2.45, 2.75) is 16.6 Å². The minimum atomic E-state index is -3.56. The molecular weight excluding hydrogens is 418 g/mol. The van der Waals surface area contributed by atoms with Crippen molar-refractivity contribution in [1.82, 2.24) is 4.90 Å². The summed E-state index contributed by atoms with van der Waals surface area (Å²) >= 11 is 5.85. The van der Waals surface area contributed by atoms with E-state index in [0.29, 0.717) is 40.8 Å². The molecular formula is C20H22ClNO6S. The van der Waals surface area contributed by atoms with Gasteiger partial charge < -0.3 is 19.1 Å². The number of nitrogens with zero attached hydrogens (tertiary/aromatic N) is 1. The smallest absolute Gasteiger partial charge is 0.254 e. The lowest BCUT2D eigenvalue weighted by molar-refractivity contribution is 0.0792. The summed E-state index contributed by atoms with van der Waals surface area (Å²) in [6.07, 6.45) is 0.362. The molecule has 1 aliphatic heterocycles. The highest BCUT2D eigenvalue weighted by Gasteiger charge is 2.36. The third kappa shape index (κ3) is 4.13. The minimum Gasteiger partial charge on any atom is -0.493 e. The van der Waals surface area contributed by atoms with Crippen LogP contribution in [0.5, 0.6) is 17.2 Å². The zero-order valence-electron chi connectivity index (χ0n) is 16.3. The predicted octanol–water partition coefficient (Wildman–Crippen LogP) is 3.05. The molecule has 1 amide bonds. The molecule has 1 saturated heterocycles. The fourth-order valence-corrected chi connectivity index (χ4v) is 5.19. The van der Waals surface area contributed by atoms with Crippen molar-refractivity contribution in [3.8, 4) is 17.2 Å². The molecule has 1 atom stereocenters. The van der Waals surface area contributed by atoms with Gasteiger partial charge in [0.2, 0.25) is 5.75 Å². The molecule has 0 saturated carbocycles. The van der Waals surface area contributed by atoms with E-state index in [-0.39, 0.29) is 17.3 Å². The Hall–Kier alpha value is -2.45. The third-order valence-corrected chi connectivity index (χ3v) is 7.37. The molecule has 1 fully saturated rings. The van der Waals surface area contributed by atoms with E-state index in [1.807, 2.05) is 0 Å². The Morgan fingerprint density at radius 2 is 1.62 bits per heavy atom. The second-order valence-corrected chi connectivity index (χ2v) is 9.24. The fourth-order valence-electron chi connectivity index (χ4n) is 3.37. The molecule has 29 heavy (non-hydrogen) atoms. The van der Waals surface area contributed by atoms with E-state index >= 15 is 0 Å². The Morgan fingerprint density at radius 3 is 2.14 bits per heavy atom. The van der Waals surface area contributed by atoms with Crippen LogP contribution in [0, 0.1) is 0 Å². The lowest BCUT2D eigenvalue weighted by atomic mass is 10.1. The zero-order chi connectivity index (χ0) is 21.2. The molecule has 2 aromatic carbocycles. The first-order valence-corrected chi connectivity index (χ1v) is 10.8. The quantitative estimate of drug-likeness (QED) is 0.688. The minimum absolute atomic E-state index is 0.112. The average Bonchev–Trinajstić information content (AvgIpc) is 3.23. The highest BCUT2D eigenvalue weighted by molar-refractivity contribution is 7.92. The lowest BCUT2D eigenvalue weighted by Crippen LogP contribution is -2.32. The van der Waals surface area contributed by atoms with Crippen molar-refractivity contribution in [3.05, 3.63) is 47.0 Å². The topological polar surface area (TPSA) is 82.1 Å². The molecule has 0 N–H and O–H groups in total. The van der Waals surface area contributed by atoms with Crippen molar-refractivity contribution >= 4 is 27.3 Å². The van der Waals surface area contributed by atoms with Gasteiger partial charge in [-0.2, -0.15) is 0 Å². The van der Waals surface area contributed by atoms with Gasteiger partial charge in [-0.05, 0) is 42.8 Å². The summed E-state index contributed by atoms with van der Waals surface area (Å²) in [7, 11) is 0.855. The number of sulfone groups is 1. The Balaban J connectivity index is 1.83. The van der Waals surface area contributed by atoms with Crippen molar-refractivity contribution in [2.75, 3.05) is 34.4 Å². The number of rotatable bonds is 6. The number of methoxy groups -OCH3 is 3. The number of halogens is 1. The number of hydrogen-bond donors (Lipinski definition) is 0. The van der Waals surface area contributed by atoms with Gasteiger partial charge in [-0.3, -0.25) is 4.79 Å². The van der Waals surface area contributed by atoms with Crippen LogP contribution in [0.4, 0.5) is 0 Å². The summed E-state index contributed by atoms with van der Waals surface area (Å²) < 4.78 is 41.7. The summed E-state index contributed by atoms with van der Waals surface area (Å²) in [5.41, 5.74) is 0.337. The molecule has 156 valence electrons. The molecule has 1 aliphatic rings. The standard InChI is InChI=1S/C20H22ClNO6S/c1-26-17-10-13(11-18(27-2)19(17)28-3)20(23)22-9-8-16(12-22)29(24,25)15-6-4-14(21)5-7-15/h4-7,10-11,16H,8-9,12H2,1-3H3. The van der Waals surface area contributed by atoms with Crippen LogP contribution < -0.4 is 14.2 Å². The summed E-state index contributed by atoms with van der Waals surface area (Å²) in [5.74, 6) is 0.814. The molecule has 1 heterocycles. The third-order valence-electron chi connectivity index (χ3n) is 4.92. The van der Waals surface area contributed by atoms with E-state index < -0.39 is 15.1 Å². The van der Waals surface area contributed by atoms with Gasteiger partial charge in [-0.15, -0.1) is 0 Å². The Bertz CT molecular complexity index is 981. The van der Waals surface area contributed by atoms with Gasteiger partial charge in [0.25, 0.3) is 5.91 Å². The van der Waals surface area contributed by atoms with Crippen LogP contribution >= 0.6 is 11.6 Å². The normalized spacial score (nSPS) is 16.6. The van der Waals surface area contributed by atoms with E-state index in [1.54, 1.807) is 24.3 Å². The Morgan fingerprint density at radius 1 is 1.03 bits per heavy atom. The van der Waals surface area contributed by atoms with Crippen LogP contribution in [-0.4, -0.2) is 58.9 Å². The van der Waals surface area contributed by atoms with Crippen LogP contribution in [0.15, 0.2) is 41.3 Å². The van der Waals surface area contributed by atoms with E-state index in [9.17, 15) is 13.2 Å². The highest BCUT2D eigenvalue weighted by Crippen LogP contribution is 2.38. The second kappa shape index (κ2) is 8.51. The maximum Gasteiger partial charge on any atom is 0.254 e. The first-order valence-electron chi connectivity index (χ1n) is 8.90. The first kappa shape index (κ1) is 21.3. The maximum atomic E-state index is 13.0. The van der Waals surface area contributed by atoms with Crippen LogP contribution in [0.3, 0.4) is 0 Å². The maximum absolute atomic E-state index is 13.0. The molecule has 9 heteroatoms. The van der Waals surface area contributed by atoms with Gasteiger partial charge in [0.05, 0.1) is 31.5 Å². The van der Waals surface area contributed by atoms with Gasteiger partial charge in [-0.1, -0.05) is 11.6 Å². The summed E-state index contributed by atoms with van der Waals surface area (Å²) in [4.78, 5) is 14.7. The monoisotopic (exact) mass is 439 g/mol. The number of amides is 1. The van der Waals surface area contributed by atoms with Gasteiger partial charge in [0.1, 0.15) is 0 Å². The molecule has 0 radical (unpaired) electrons. The molecule has 0 bridgehead atoms. The van der Waals surface area contributed by atoms with Gasteiger partial charge >= 0.3 is 0 Å². The number of carbonyl (C=O) groups is 1. The number of benzene rings is 2. The SMILES string of the molecule is COc1cc(C(=O)N2CCC(S(=O)(=O)c3ccc(Cl)cc3)C2)cc(OC)c1OC. The molecule has 3 rings (SSSR count). The molecule has 7 nitrogen and oxygen atoms in total. The second-order valence-electron chi connectivity index (χ2n) is 6.57. The molecule has 0 spiro atoms. The Labute approximate surface area is 175 Å². The summed E-state index contributed by atoms with van der Waals surface area (Å²) in [5, 5.41) is -0.204. The zero-order valence-corrected chi connectivity index (χ0v) is 17.9. The van der Waals surface area contributed by atoms with E-state index in [1.165, 1.54) is 38.4 Å². The largest absolute Gasteiger partial charge is 0.493 e. The van der Waals surface area contributed by atoms with Crippen LogP contribution in [-0.2, 0) is 9.84 Å². The van der Waals surface area contributed by atoms with Gasteiger partial charge in [-0.25, -0.2) is 8.42 Å². The predicted molar refractivity (Wildman–Crippen MR) is 109 cm³/mol. The summed E-state index contributed by atoms with van der Waals surface area (Å²) in [6.45, 7) is 0.452. The summed E-state index contributed by atoms with van der Waals surface area (Å²) in [6, 6.07) is 9.18. The van der Waals surface area contributed by atoms with E-state index in [0.717, 1.165) is 0 Å². The van der Waals surface area contributed by atoms with Crippen molar-refractivity contribution < 1.29 is 27.4 Å². The van der Waals surface area contributed by atoms with Crippen LogP contribution in [0.25, 0.3) is 0 Å². The van der Waals surface area contributed by atoms with Crippen LogP contribution in [0.1, 0.15) is 16.8 Å². The first-order chi connectivity index (χ1) is 13.8. The number of carbonyl (C=O) groups excluding carboxylic acids is 1. The molecule has 0 aromatic heterocycles. The molecule has 1 unspecified atom stereocenters. The molecule has 2 aromatic rings. The van der Waals surface area contributed by atoms with Gasteiger partial charge in [0, 0.05) is 23.7 Å². The molecule has 0 aliphatic carbocycles. The average molecular weight is 440 g/mol.